The number of benzene rings is 2. The number of aryl methyl sites for hydroxylation is 1. The minimum atomic E-state index is -1.06. The molecule has 3 aliphatic carbocycles. The van der Waals surface area contributed by atoms with Crippen molar-refractivity contribution in [3.8, 4) is 5.75 Å². The zero-order chi connectivity index (χ0) is 31.1. The van der Waals surface area contributed by atoms with Gasteiger partial charge in [0.15, 0.2) is 0 Å². The lowest BCUT2D eigenvalue weighted by Gasteiger charge is -2.47. The first-order valence-corrected chi connectivity index (χ1v) is 16.7. The first-order chi connectivity index (χ1) is 21.1. The second-order valence-corrected chi connectivity index (χ2v) is 14.2. The summed E-state index contributed by atoms with van der Waals surface area (Å²) < 4.78 is 6.52. The lowest BCUT2D eigenvalue weighted by molar-refractivity contribution is -0.144. The molecule has 2 aromatic carbocycles. The van der Waals surface area contributed by atoms with Gasteiger partial charge in [-0.15, -0.1) is 0 Å². The minimum Gasteiger partial charge on any atom is -0.493 e. The molecule has 0 saturated heterocycles. The van der Waals surface area contributed by atoms with Crippen LogP contribution < -0.4 is 10.1 Å². The molecular weight excluding hydrogens is 572 g/mol. The monoisotopic (exact) mass is 616 g/mol. The number of anilines is 1. The molecule has 0 radical (unpaired) electrons. The standard InChI is InChI=1S/C37H45ClN2O4/c1-23(22-44-33-12-17-39-32-9-4-6-24(2)34(32)33)18-28-19-27-11-10-26(25(3)41)20-31(27)36(28)13-15-37(16-14-36,35(42)43)40-30-8-5-7-29(38)21-30/h5,7-8,10-12,17,20-21,23-25,28,40-41H,4,6,9,13-16,18-19,22H2,1-3H3,(H,42,43)/t23-,24-,25+,28+,36?,37?/m1/s1. The summed E-state index contributed by atoms with van der Waals surface area (Å²) in [6.45, 7) is 7.00. The van der Waals surface area contributed by atoms with Crippen molar-refractivity contribution < 1.29 is 19.7 Å². The van der Waals surface area contributed by atoms with E-state index >= 15 is 0 Å². The maximum absolute atomic E-state index is 12.8. The predicted octanol–water partition coefficient (Wildman–Crippen LogP) is 8.25. The molecule has 6 rings (SSSR count). The average molecular weight is 617 g/mol. The number of carbonyl (C=O) groups is 1. The van der Waals surface area contributed by atoms with E-state index < -0.39 is 17.6 Å². The van der Waals surface area contributed by atoms with Gasteiger partial charge in [-0.1, -0.05) is 49.7 Å². The number of ether oxygens (including phenoxy) is 1. The fraction of sp³-hybridized carbons (Fsp3) is 0.514. The Labute approximate surface area is 266 Å². The molecule has 1 saturated carbocycles. The third-order valence-corrected chi connectivity index (χ3v) is 11.0. The van der Waals surface area contributed by atoms with Crippen LogP contribution in [0, 0.1) is 11.8 Å². The number of fused-ring (bicyclic) bond motifs is 3. The van der Waals surface area contributed by atoms with Crippen molar-refractivity contribution in [3.63, 3.8) is 0 Å². The molecule has 7 heteroatoms. The number of carboxylic acid groups (broad SMARTS) is 1. The highest BCUT2D eigenvalue weighted by molar-refractivity contribution is 6.30. The number of rotatable bonds is 9. The van der Waals surface area contributed by atoms with Gasteiger partial charge < -0.3 is 20.3 Å². The van der Waals surface area contributed by atoms with Crippen LogP contribution in [0.1, 0.15) is 106 Å². The molecule has 1 spiro atoms. The largest absolute Gasteiger partial charge is 0.493 e. The van der Waals surface area contributed by atoms with Crippen molar-refractivity contribution in [2.45, 2.75) is 102 Å². The van der Waals surface area contributed by atoms with E-state index in [0.29, 0.717) is 42.2 Å². The molecule has 6 nitrogen and oxygen atoms in total. The van der Waals surface area contributed by atoms with Gasteiger partial charge >= 0.3 is 5.97 Å². The number of aromatic nitrogens is 1. The van der Waals surface area contributed by atoms with E-state index in [1.165, 1.54) is 35.2 Å². The van der Waals surface area contributed by atoms with Gasteiger partial charge in [-0.25, -0.2) is 4.79 Å². The van der Waals surface area contributed by atoms with E-state index in [1.807, 2.05) is 37.4 Å². The molecule has 3 aromatic rings. The quantitative estimate of drug-likeness (QED) is 0.224. The van der Waals surface area contributed by atoms with Crippen LogP contribution in [-0.4, -0.2) is 33.3 Å². The summed E-state index contributed by atoms with van der Waals surface area (Å²) in [7, 11) is 0. The van der Waals surface area contributed by atoms with Gasteiger partial charge in [-0.3, -0.25) is 4.98 Å². The lowest BCUT2D eigenvalue weighted by atomic mass is 9.59. The van der Waals surface area contributed by atoms with Gasteiger partial charge in [-0.2, -0.15) is 0 Å². The van der Waals surface area contributed by atoms with Gasteiger partial charge in [0.05, 0.1) is 12.7 Å². The van der Waals surface area contributed by atoms with E-state index in [1.54, 1.807) is 12.1 Å². The molecule has 234 valence electrons. The zero-order valence-corrected chi connectivity index (χ0v) is 26.9. The highest BCUT2D eigenvalue weighted by Crippen LogP contribution is 2.56. The first-order valence-electron chi connectivity index (χ1n) is 16.3. The van der Waals surface area contributed by atoms with Crippen molar-refractivity contribution in [2.24, 2.45) is 11.8 Å². The van der Waals surface area contributed by atoms with Crippen molar-refractivity contribution in [2.75, 3.05) is 11.9 Å². The van der Waals surface area contributed by atoms with Crippen LogP contribution >= 0.6 is 11.6 Å². The van der Waals surface area contributed by atoms with Crippen LogP contribution in [0.3, 0.4) is 0 Å². The number of nitrogens with one attached hydrogen (secondary N) is 1. The van der Waals surface area contributed by atoms with E-state index in [-0.39, 0.29) is 5.41 Å². The van der Waals surface area contributed by atoms with Gasteiger partial charge in [0, 0.05) is 28.2 Å². The minimum absolute atomic E-state index is 0.145. The summed E-state index contributed by atoms with van der Waals surface area (Å²) in [5, 5.41) is 24.9. The highest BCUT2D eigenvalue weighted by atomic mass is 35.5. The molecule has 44 heavy (non-hydrogen) atoms. The Kier molecular flexibility index (Phi) is 8.69. The summed E-state index contributed by atoms with van der Waals surface area (Å²) in [5.74, 6) is 1.31. The van der Waals surface area contributed by atoms with Crippen LogP contribution in [0.2, 0.25) is 5.02 Å². The van der Waals surface area contributed by atoms with Crippen molar-refractivity contribution >= 4 is 23.3 Å². The number of aliphatic hydroxyl groups is 1. The predicted molar refractivity (Wildman–Crippen MR) is 175 cm³/mol. The number of aliphatic carboxylic acids is 1. The smallest absolute Gasteiger partial charge is 0.329 e. The lowest BCUT2D eigenvalue weighted by Crippen LogP contribution is -2.53. The highest BCUT2D eigenvalue weighted by Gasteiger charge is 2.54. The number of aliphatic hydroxyl groups excluding tert-OH is 1. The summed E-state index contributed by atoms with van der Waals surface area (Å²) in [5.41, 5.74) is 5.54. The summed E-state index contributed by atoms with van der Waals surface area (Å²) in [6.07, 6.45) is 9.20. The third kappa shape index (κ3) is 5.83. The third-order valence-electron chi connectivity index (χ3n) is 10.8. The number of halogens is 1. The number of hydrogen-bond acceptors (Lipinski definition) is 5. The maximum atomic E-state index is 12.8. The zero-order valence-electron chi connectivity index (χ0n) is 26.1. The first kappa shape index (κ1) is 30.9. The Morgan fingerprint density at radius 3 is 2.66 bits per heavy atom. The molecule has 0 unspecified atom stereocenters. The van der Waals surface area contributed by atoms with Crippen molar-refractivity contribution in [3.05, 3.63) is 87.7 Å². The Hall–Kier alpha value is -3.09. The van der Waals surface area contributed by atoms with E-state index in [4.69, 9.17) is 16.3 Å². The van der Waals surface area contributed by atoms with Crippen molar-refractivity contribution in [1.29, 1.82) is 0 Å². The summed E-state index contributed by atoms with van der Waals surface area (Å²) in [4.78, 5) is 17.5. The van der Waals surface area contributed by atoms with Gasteiger partial charge in [0.1, 0.15) is 11.3 Å². The summed E-state index contributed by atoms with van der Waals surface area (Å²) >= 11 is 6.24. The Bertz CT molecular complexity index is 1510. The fourth-order valence-electron chi connectivity index (χ4n) is 8.38. The normalized spacial score (nSPS) is 27.3. The van der Waals surface area contributed by atoms with Crippen LogP contribution in [0.25, 0.3) is 0 Å². The van der Waals surface area contributed by atoms with Gasteiger partial charge in [-0.05, 0) is 129 Å². The molecule has 3 aliphatic rings. The van der Waals surface area contributed by atoms with Crippen molar-refractivity contribution in [1.82, 2.24) is 4.98 Å². The number of nitrogens with zero attached hydrogens (tertiary/aromatic N) is 1. The molecular formula is C37H45ClN2O4. The molecule has 0 aliphatic heterocycles. The Balaban J connectivity index is 1.24. The molecule has 3 N–H and O–H groups in total. The molecule has 1 aromatic heterocycles. The van der Waals surface area contributed by atoms with Crippen LogP contribution in [0.15, 0.2) is 54.7 Å². The number of pyridine rings is 1. The second-order valence-electron chi connectivity index (χ2n) is 13.8. The average Bonchev–Trinajstić information content (AvgIpc) is 3.28. The SMILES string of the molecule is C[C@@H](COc1ccnc2c1[C@H](C)CCC2)C[C@H]1Cc2ccc([C@H](C)O)cc2C12CCC(Nc1cccc(Cl)c1)(C(=O)O)CC2. The van der Waals surface area contributed by atoms with Gasteiger partial charge in [0.25, 0.3) is 0 Å². The van der Waals surface area contributed by atoms with Crippen LogP contribution in [0.5, 0.6) is 5.75 Å². The van der Waals surface area contributed by atoms with E-state index in [2.05, 4.69) is 36.3 Å². The second kappa shape index (κ2) is 12.4. The van der Waals surface area contributed by atoms with E-state index in [9.17, 15) is 15.0 Å². The fourth-order valence-corrected chi connectivity index (χ4v) is 8.57. The molecule has 1 fully saturated rings. The molecule has 0 amide bonds. The number of hydrogen-bond donors (Lipinski definition) is 3. The topological polar surface area (TPSA) is 91.7 Å². The van der Waals surface area contributed by atoms with Gasteiger partial charge in [0.2, 0.25) is 0 Å². The Morgan fingerprint density at radius 1 is 1.14 bits per heavy atom. The van der Waals surface area contributed by atoms with Crippen LogP contribution in [-0.2, 0) is 23.1 Å². The Morgan fingerprint density at radius 2 is 1.93 bits per heavy atom. The number of carboxylic acids is 1. The molecule has 4 atom stereocenters. The van der Waals surface area contributed by atoms with E-state index in [0.717, 1.165) is 49.1 Å². The van der Waals surface area contributed by atoms with Crippen LogP contribution in [0.4, 0.5) is 5.69 Å². The maximum Gasteiger partial charge on any atom is 0.329 e. The molecule has 0 bridgehead atoms. The summed E-state index contributed by atoms with van der Waals surface area (Å²) in [6, 6.07) is 15.8. The molecule has 1 heterocycles.